The Hall–Kier alpha value is -1.80. The molecule has 29 heavy (non-hydrogen) atoms. The molecule has 3 rings (SSSR count). The Bertz CT molecular complexity index is 738. The molecule has 5 nitrogen and oxygen atoms in total. The van der Waals surface area contributed by atoms with Gasteiger partial charge in [0, 0.05) is 26.1 Å². The summed E-state index contributed by atoms with van der Waals surface area (Å²) in [6, 6.07) is 18.5. The van der Waals surface area contributed by atoms with Crippen LogP contribution in [0.3, 0.4) is 0 Å². The summed E-state index contributed by atoms with van der Waals surface area (Å²) in [6.45, 7) is 5.05. The molecule has 0 amide bonds. The summed E-state index contributed by atoms with van der Waals surface area (Å²) in [5.74, 6) is 2.10. The van der Waals surface area contributed by atoms with Gasteiger partial charge in [0.2, 0.25) is 0 Å². The number of guanidine groups is 1. The van der Waals surface area contributed by atoms with Crippen LogP contribution in [-0.2, 0) is 4.74 Å². The lowest BCUT2D eigenvalue weighted by molar-refractivity contribution is -0.0265. The molecule has 1 aliphatic heterocycles. The van der Waals surface area contributed by atoms with Crippen LogP contribution in [0.4, 0.5) is 0 Å². The van der Waals surface area contributed by atoms with Gasteiger partial charge in [0.25, 0.3) is 0 Å². The number of aliphatic imine (C=N–C) groups is 1. The maximum Gasteiger partial charge on any atom is 0.191 e. The fourth-order valence-corrected chi connectivity index (χ4v) is 3.48. The molecule has 0 aliphatic carbocycles. The molecule has 0 bridgehead atoms. The van der Waals surface area contributed by atoms with Crippen molar-refractivity contribution in [3.05, 3.63) is 65.7 Å². The second kappa shape index (κ2) is 12.7. The SMILES string of the molecule is CN=C(NCCOc1ccccc1)NCC1CCCOC1c1ccc(C)cc1.I. The maximum atomic E-state index is 6.11. The van der Waals surface area contributed by atoms with Crippen molar-refractivity contribution >= 4 is 29.9 Å². The van der Waals surface area contributed by atoms with Crippen LogP contribution in [0.5, 0.6) is 5.75 Å². The van der Waals surface area contributed by atoms with Gasteiger partial charge in [-0.25, -0.2) is 0 Å². The van der Waals surface area contributed by atoms with Gasteiger partial charge in [-0.15, -0.1) is 24.0 Å². The van der Waals surface area contributed by atoms with E-state index in [4.69, 9.17) is 9.47 Å². The predicted octanol–water partition coefficient (Wildman–Crippen LogP) is 4.32. The van der Waals surface area contributed by atoms with Crippen LogP contribution in [0.25, 0.3) is 0 Å². The number of benzene rings is 2. The Morgan fingerprint density at radius 1 is 1.10 bits per heavy atom. The first kappa shape index (κ1) is 23.5. The van der Waals surface area contributed by atoms with Gasteiger partial charge >= 0.3 is 0 Å². The summed E-state index contributed by atoms with van der Waals surface area (Å²) < 4.78 is 11.8. The average molecular weight is 509 g/mol. The molecule has 1 heterocycles. The smallest absolute Gasteiger partial charge is 0.191 e. The molecule has 1 fully saturated rings. The number of rotatable bonds is 7. The molecule has 6 heteroatoms. The van der Waals surface area contributed by atoms with Gasteiger partial charge in [0.05, 0.1) is 12.6 Å². The zero-order chi connectivity index (χ0) is 19.6. The predicted molar refractivity (Wildman–Crippen MR) is 129 cm³/mol. The molecule has 2 aromatic carbocycles. The first-order valence-electron chi connectivity index (χ1n) is 10.1. The standard InChI is InChI=1S/C23H31N3O2.HI/c1-18-10-12-19(13-11-18)22-20(7-6-15-28-22)17-26-23(24-2)25-14-16-27-21-8-4-3-5-9-21;/h3-5,8-13,20,22H,6-7,14-17H2,1-2H3,(H2,24,25,26);1H. The zero-order valence-corrected chi connectivity index (χ0v) is 19.6. The highest BCUT2D eigenvalue weighted by Crippen LogP contribution is 2.33. The molecule has 0 spiro atoms. The van der Waals surface area contributed by atoms with E-state index in [-0.39, 0.29) is 30.1 Å². The van der Waals surface area contributed by atoms with E-state index in [9.17, 15) is 0 Å². The zero-order valence-electron chi connectivity index (χ0n) is 17.3. The Balaban J connectivity index is 0.00000300. The molecule has 2 N–H and O–H groups in total. The van der Waals surface area contributed by atoms with E-state index in [1.54, 1.807) is 7.05 Å². The number of aryl methyl sites for hydroxylation is 1. The molecule has 0 saturated carbocycles. The first-order valence-corrected chi connectivity index (χ1v) is 10.1. The molecule has 2 atom stereocenters. The molecule has 2 unspecified atom stereocenters. The molecule has 1 saturated heterocycles. The third kappa shape index (κ3) is 7.51. The minimum absolute atomic E-state index is 0. The highest BCUT2D eigenvalue weighted by atomic mass is 127. The number of nitrogens with zero attached hydrogens (tertiary/aromatic N) is 1. The van der Waals surface area contributed by atoms with Crippen molar-refractivity contribution in [3.63, 3.8) is 0 Å². The van der Waals surface area contributed by atoms with Gasteiger partial charge in [-0.2, -0.15) is 0 Å². The normalized spacial score (nSPS) is 19.2. The topological polar surface area (TPSA) is 54.9 Å². The minimum Gasteiger partial charge on any atom is -0.492 e. The van der Waals surface area contributed by atoms with Crippen molar-refractivity contribution in [2.45, 2.75) is 25.9 Å². The summed E-state index contributed by atoms with van der Waals surface area (Å²) in [5, 5.41) is 6.77. The highest BCUT2D eigenvalue weighted by Gasteiger charge is 2.27. The van der Waals surface area contributed by atoms with Crippen molar-refractivity contribution < 1.29 is 9.47 Å². The van der Waals surface area contributed by atoms with Crippen LogP contribution in [0, 0.1) is 12.8 Å². The lowest BCUT2D eigenvalue weighted by Gasteiger charge is -2.32. The van der Waals surface area contributed by atoms with Gasteiger partial charge in [-0.3, -0.25) is 4.99 Å². The van der Waals surface area contributed by atoms with Crippen LogP contribution in [-0.4, -0.2) is 39.3 Å². The van der Waals surface area contributed by atoms with Crippen LogP contribution in [0.2, 0.25) is 0 Å². The molecule has 0 radical (unpaired) electrons. The average Bonchev–Trinajstić information content (AvgIpc) is 2.75. The van der Waals surface area contributed by atoms with Gasteiger partial charge in [0.15, 0.2) is 5.96 Å². The molecular formula is C23H32IN3O2. The van der Waals surface area contributed by atoms with Crippen molar-refractivity contribution in [2.24, 2.45) is 10.9 Å². The number of hydrogen-bond donors (Lipinski definition) is 2. The van der Waals surface area contributed by atoms with E-state index < -0.39 is 0 Å². The van der Waals surface area contributed by atoms with Crippen molar-refractivity contribution in [3.8, 4) is 5.75 Å². The molecule has 0 aromatic heterocycles. The number of para-hydroxylation sites is 1. The quantitative estimate of drug-likeness (QED) is 0.253. The van der Waals surface area contributed by atoms with E-state index in [1.165, 1.54) is 11.1 Å². The Kier molecular flexibility index (Phi) is 10.3. The van der Waals surface area contributed by atoms with Crippen LogP contribution < -0.4 is 15.4 Å². The van der Waals surface area contributed by atoms with Crippen LogP contribution in [0.1, 0.15) is 30.1 Å². The second-order valence-electron chi connectivity index (χ2n) is 7.15. The molecular weight excluding hydrogens is 477 g/mol. The first-order chi connectivity index (χ1) is 13.8. The van der Waals surface area contributed by atoms with Gasteiger partial charge in [0.1, 0.15) is 12.4 Å². The summed E-state index contributed by atoms with van der Waals surface area (Å²) in [4.78, 5) is 4.32. The van der Waals surface area contributed by atoms with Gasteiger partial charge < -0.3 is 20.1 Å². The lowest BCUT2D eigenvalue weighted by atomic mass is 9.89. The monoisotopic (exact) mass is 509 g/mol. The molecule has 1 aliphatic rings. The minimum atomic E-state index is 0. The van der Waals surface area contributed by atoms with E-state index in [1.807, 2.05) is 30.3 Å². The van der Waals surface area contributed by atoms with E-state index in [2.05, 4.69) is 46.8 Å². The van der Waals surface area contributed by atoms with E-state index in [0.717, 1.165) is 37.7 Å². The molecule has 158 valence electrons. The number of ether oxygens (including phenoxy) is 2. The fraction of sp³-hybridized carbons (Fsp3) is 0.435. The van der Waals surface area contributed by atoms with Crippen molar-refractivity contribution in [2.75, 3.05) is 33.4 Å². The largest absolute Gasteiger partial charge is 0.492 e. The van der Waals surface area contributed by atoms with Gasteiger partial charge in [-0.05, 0) is 37.5 Å². The Morgan fingerprint density at radius 3 is 2.59 bits per heavy atom. The lowest BCUT2D eigenvalue weighted by Crippen LogP contribution is -2.43. The van der Waals surface area contributed by atoms with Crippen LogP contribution in [0.15, 0.2) is 59.6 Å². The van der Waals surface area contributed by atoms with E-state index in [0.29, 0.717) is 19.1 Å². The maximum absolute atomic E-state index is 6.11. The highest BCUT2D eigenvalue weighted by molar-refractivity contribution is 14.0. The number of nitrogens with one attached hydrogen (secondary N) is 2. The summed E-state index contributed by atoms with van der Waals surface area (Å²) >= 11 is 0. The van der Waals surface area contributed by atoms with Crippen molar-refractivity contribution in [1.82, 2.24) is 10.6 Å². The molecule has 2 aromatic rings. The van der Waals surface area contributed by atoms with E-state index >= 15 is 0 Å². The number of hydrogen-bond acceptors (Lipinski definition) is 3. The number of halogens is 1. The van der Waals surface area contributed by atoms with Crippen LogP contribution >= 0.6 is 24.0 Å². The Morgan fingerprint density at radius 2 is 1.86 bits per heavy atom. The summed E-state index contributed by atoms with van der Waals surface area (Å²) in [7, 11) is 1.79. The summed E-state index contributed by atoms with van der Waals surface area (Å²) in [5.41, 5.74) is 2.54. The summed E-state index contributed by atoms with van der Waals surface area (Å²) in [6.07, 6.45) is 2.40. The second-order valence-corrected chi connectivity index (χ2v) is 7.15. The third-order valence-corrected chi connectivity index (χ3v) is 5.01. The third-order valence-electron chi connectivity index (χ3n) is 5.01. The fourth-order valence-electron chi connectivity index (χ4n) is 3.48. The van der Waals surface area contributed by atoms with Crippen molar-refractivity contribution in [1.29, 1.82) is 0 Å². The Labute approximate surface area is 191 Å². The van der Waals surface area contributed by atoms with Gasteiger partial charge in [-0.1, -0.05) is 48.0 Å².